The largest absolute Gasteiger partial charge is 0.307 e. The Bertz CT molecular complexity index is 1130. The van der Waals surface area contributed by atoms with Gasteiger partial charge in [0.05, 0.1) is 35.1 Å². The van der Waals surface area contributed by atoms with Crippen LogP contribution in [0.3, 0.4) is 0 Å². The highest BCUT2D eigenvalue weighted by Gasteiger charge is 2.20. The molecule has 0 amide bonds. The molecule has 0 radical (unpaired) electrons. The zero-order chi connectivity index (χ0) is 20.2. The summed E-state index contributed by atoms with van der Waals surface area (Å²) < 4.78 is 13.4. The number of rotatable bonds is 1. The lowest BCUT2D eigenvalue weighted by atomic mass is 9.88. The molecule has 2 aliphatic heterocycles. The summed E-state index contributed by atoms with van der Waals surface area (Å²) in [5.74, 6) is 6.38. The summed E-state index contributed by atoms with van der Waals surface area (Å²) in [7, 11) is 0. The second kappa shape index (κ2) is 7.89. The zero-order valence-corrected chi connectivity index (χ0v) is 15.5. The standard InChI is InChI=1S/C23H16FN5/c24-20-12-19(14-26)23(27-15-20)28-9-10-29-21(5-2-6-22(29)16-28)8-7-17-3-1-4-18(11-17)13-25/h1-3,5-6,9-10,12,15-18H,4,11H2. The fourth-order valence-electron chi connectivity index (χ4n) is 3.35. The second-order valence-corrected chi connectivity index (χ2v) is 6.78. The summed E-state index contributed by atoms with van der Waals surface area (Å²) in [5.41, 5.74) is 1.82. The number of hydrogen-bond donors (Lipinski definition) is 0. The number of nitriles is 2. The highest BCUT2D eigenvalue weighted by molar-refractivity contribution is 5.60. The highest BCUT2D eigenvalue weighted by atomic mass is 19.1. The van der Waals surface area contributed by atoms with E-state index in [1.54, 1.807) is 11.1 Å². The van der Waals surface area contributed by atoms with Crippen molar-refractivity contribution in [1.29, 1.82) is 10.5 Å². The van der Waals surface area contributed by atoms with Gasteiger partial charge in [-0.3, -0.25) is 0 Å². The monoisotopic (exact) mass is 381 g/mol. The van der Waals surface area contributed by atoms with Crippen LogP contribution in [0.4, 0.5) is 10.2 Å². The van der Waals surface area contributed by atoms with E-state index in [0.29, 0.717) is 5.82 Å². The number of aromatic nitrogens is 1. The quantitative estimate of drug-likeness (QED) is 0.541. The van der Waals surface area contributed by atoms with Crippen molar-refractivity contribution in [2.24, 2.45) is 11.8 Å². The molecule has 2 unspecified atom stereocenters. The van der Waals surface area contributed by atoms with E-state index in [-0.39, 0.29) is 17.4 Å². The van der Waals surface area contributed by atoms with Gasteiger partial charge in [-0.2, -0.15) is 10.5 Å². The molecule has 1 aliphatic carbocycles. The van der Waals surface area contributed by atoms with Crippen molar-refractivity contribution >= 4 is 5.82 Å². The fraction of sp³-hybridized carbons (Fsp3) is 0.174. The molecule has 3 heterocycles. The van der Waals surface area contributed by atoms with Gasteiger partial charge < -0.3 is 9.80 Å². The number of anilines is 1. The minimum Gasteiger partial charge on any atom is -0.307 e. The molecular weight excluding hydrogens is 365 g/mol. The topological polar surface area (TPSA) is 67.0 Å². The van der Waals surface area contributed by atoms with Crippen LogP contribution in [-0.4, -0.2) is 9.88 Å². The van der Waals surface area contributed by atoms with E-state index >= 15 is 0 Å². The van der Waals surface area contributed by atoms with Gasteiger partial charge in [0.1, 0.15) is 11.9 Å². The minimum atomic E-state index is -0.547. The Balaban J connectivity index is 1.56. The minimum absolute atomic E-state index is 0.0240. The SMILES string of the molecule is N#Cc1cc(F)cnc1N1C=CN2C(C#CC3C=CCC(C#N)C3)=CC=CC2=C1. The van der Waals surface area contributed by atoms with Gasteiger partial charge in [0, 0.05) is 24.5 Å². The van der Waals surface area contributed by atoms with Gasteiger partial charge in [0.25, 0.3) is 0 Å². The molecular formula is C23H16FN5. The van der Waals surface area contributed by atoms with Crippen LogP contribution in [-0.2, 0) is 0 Å². The van der Waals surface area contributed by atoms with E-state index in [4.69, 9.17) is 5.26 Å². The van der Waals surface area contributed by atoms with Gasteiger partial charge in [-0.05, 0) is 37.0 Å². The molecule has 4 rings (SSSR count). The molecule has 0 fully saturated rings. The Labute approximate surface area is 168 Å². The van der Waals surface area contributed by atoms with E-state index in [0.717, 1.165) is 30.4 Å². The van der Waals surface area contributed by atoms with Gasteiger partial charge in [-0.25, -0.2) is 9.37 Å². The molecule has 0 spiro atoms. The molecule has 0 N–H and O–H groups in total. The third-order valence-corrected chi connectivity index (χ3v) is 4.80. The summed E-state index contributed by atoms with van der Waals surface area (Å²) in [4.78, 5) is 7.68. The normalized spacial score (nSPS) is 21.9. The molecule has 0 saturated carbocycles. The van der Waals surface area contributed by atoms with E-state index < -0.39 is 5.82 Å². The maximum Gasteiger partial charge on any atom is 0.154 e. The molecule has 29 heavy (non-hydrogen) atoms. The maximum atomic E-state index is 13.4. The van der Waals surface area contributed by atoms with Gasteiger partial charge in [0.15, 0.2) is 5.82 Å². The van der Waals surface area contributed by atoms with Crippen molar-refractivity contribution in [1.82, 2.24) is 9.88 Å². The Morgan fingerprint density at radius 2 is 2.14 bits per heavy atom. The predicted octanol–water partition coefficient (Wildman–Crippen LogP) is 4.09. The van der Waals surface area contributed by atoms with E-state index in [1.165, 1.54) is 6.07 Å². The van der Waals surface area contributed by atoms with Crippen LogP contribution in [0.1, 0.15) is 18.4 Å². The molecule has 0 saturated heterocycles. The summed E-state index contributed by atoms with van der Waals surface area (Å²) in [6.45, 7) is 0. The summed E-state index contributed by atoms with van der Waals surface area (Å²) >= 11 is 0. The van der Waals surface area contributed by atoms with Crippen molar-refractivity contribution in [2.45, 2.75) is 12.8 Å². The van der Waals surface area contributed by atoms with Crippen LogP contribution in [0.2, 0.25) is 0 Å². The lowest BCUT2D eigenvalue weighted by Crippen LogP contribution is -2.25. The third kappa shape index (κ3) is 3.81. The smallest absolute Gasteiger partial charge is 0.154 e. The predicted molar refractivity (Wildman–Crippen MR) is 106 cm³/mol. The molecule has 0 bridgehead atoms. The molecule has 0 aromatic carbocycles. The van der Waals surface area contributed by atoms with E-state index in [1.807, 2.05) is 47.7 Å². The van der Waals surface area contributed by atoms with Crippen LogP contribution >= 0.6 is 0 Å². The number of hydrogen-bond acceptors (Lipinski definition) is 5. The fourth-order valence-corrected chi connectivity index (χ4v) is 3.35. The van der Waals surface area contributed by atoms with Crippen molar-refractivity contribution < 1.29 is 4.39 Å². The van der Waals surface area contributed by atoms with Crippen molar-refractivity contribution in [3.63, 3.8) is 0 Å². The Hall–Kier alpha value is -4.08. The Morgan fingerprint density at radius 1 is 1.24 bits per heavy atom. The Morgan fingerprint density at radius 3 is 2.97 bits per heavy atom. The number of pyridine rings is 1. The first-order chi connectivity index (χ1) is 14.2. The number of fused-ring (bicyclic) bond motifs is 1. The van der Waals surface area contributed by atoms with Crippen molar-refractivity contribution in [2.75, 3.05) is 4.90 Å². The molecule has 3 aliphatic rings. The van der Waals surface area contributed by atoms with Gasteiger partial charge in [-0.15, -0.1) is 0 Å². The van der Waals surface area contributed by atoms with Gasteiger partial charge in [-0.1, -0.05) is 24.1 Å². The van der Waals surface area contributed by atoms with Crippen LogP contribution in [0, 0.1) is 52.2 Å². The summed E-state index contributed by atoms with van der Waals surface area (Å²) in [6, 6.07) is 5.46. The van der Waals surface area contributed by atoms with Crippen LogP contribution in [0.15, 0.2) is 72.6 Å². The van der Waals surface area contributed by atoms with Gasteiger partial charge >= 0.3 is 0 Å². The third-order valence-electron chi connectivity index (χ3n) is 4.80. The average Bonchev–Trinajstić information content (AvgIpc) is 2.77. The molecule has 140 valence electrons. The maximum absolute atomic E-state index is 13.4. The van der Waals surface area contributed by atoms with Crippen molar-refractivity contribution in [3.8, 4) is 24.0 Å². The summed E-state index contributed by atoms with van der Waals surface area (Å²) in [6.07, 6.45) is 17.9. The van der Waals surface area contributed by atoms with Crippen LogP contribution < -0.4 is 4.90 Å². The van der Waals surface area contributed by atoms with Gasteiger partial charge in [0.2, 0.25) is 0 Å². The molecule has 1 aromatic heterocycles. The average molecular weight is 381 g/mol. The number of allylic oxidation sites excluding steroid dienone is 6. The van der Waals surface area contributed by atoms with Crippen LogP contribution in [0.25, 0.3) is 0 Å². The number of nitrogens with zero attached hydrogens (tertiary/aromatic N) is 5. The number of halogens is 1. The molecule has 1 aromatic rings. The lowest BCUT2D eigenvalue weighted by molar-refractivity contribution is 0.538. The van der Waals surface area contributed by atoms with Crippen molar-refractivity contribution in [3.05, 3.63) is 84.0 Å². The van der Waals surface area contributed by atoms with E-state index in [9.17, 15) is 9.65 Å². The first kappa shape index (κ1) is 18.3. The first-order valence-electron chi connectivity index (χ1n) is 9.17. The molecule has 2 atom stereocenters. The zero-order valence-electron chi connectivity index (χ0n) is 15.5. The summed E-state index contributed by atoms with van der Waals surface area (Å²) in [5, 5.41) is 18.4. The lowest BCUT2D eigenvalue weighted by Gasteiger charge is -2.30. The first-order valence-corrected chi connectivity index (χ1v) is 9.17. The van der Waals surface area contributed by atoms with Crippen LogP contribution in [0.5, 0.6) is 0 Å². The molecule has 5 nitrogen and oxygen atoms in total. The molecule has 6 heteroatoms. The Kier molecular flexibility index (Phi) is 4.97. The second-order valence-electron chi connectivity index (χ2n) is 6.78. The highest BCUT2D eigenvalue weighted by Crippen LogP contribution is 2.28. The van der Waals surface area contributed by atoms with E-state index in [2.05, 4.69) is 29.0 Å².